The fourth-order valence-corrected chi connectivity index (χ4v) is 3.80. The molecule has 1 aliphatic carbocycles. The Hall–Kier alpha value is -1.46. The summed E-state index contributed by atoms with van der Waals surface area (Å²) in [5.41, 5.74) is 0.948. The first-order chi connectivity index (χ1) is 11.3. The molecule has 2 fully saturated rings. The van der Waals surface area contributed by atoms with Gasteiger partial charge in [0.15, 0.2) is 0 Å². The van der Waals surface area contributed by atoms with Crippen LogP contribution in [0, 0.1) is 5.92 Å². The molecule has 23 heavy (non-hydrogen) atoms. The van der Waals surface area contributed by atoms with Crippen molar-refractivity contribution in [2.45, 2.75) is 50.7 Å². The summed E-state index contributed by atoms with van der Waals surface area (Å²) in [5, 5.41) is 10.3. The van der Waals surface area contributed by atoms with E-state index in [0.717, 1.165) is 31.4 Å². The van der Waals surface area contributed by atoms with Crippen molar-refractivity contribution in [3.8, 4) is 0 Å². The van der Waals surface area contributed by atoms with Crippen LogP contribution < -0.4 is 0 Å². The first-order valence-corrected chi connectivity index (χ1v) is 8.71. The molecule has 126 valence electrons. The molecule has 1 aromatic heterocycles. The summed E-state index contributed by atoms with van der Waals surface area (Å²) in [6.45, 7) is 1.78. The highest BCUT2D eigenvalue weighted by Gasteiger charge is 2.37. The van der Waals surface area contributed by atoms with Gasteiger partial charge < -0.3 is 14.7 Å². The Morgan fingerprint density at radius 1 is 1.35 bits per heavy atom. The molecule has 5 nitrogen and oxygen atoms in total. The minimum atomic E-state index is -0.304. The summed E-state index contributed by atoms with van der Waals surface area (Å²) in [4.78, 5) is 18.9. The summed E-state index contributed by atoms with van der Waals surface area (Å²) in [6.07, 6.45) is 6.63. The molecular weight excluding hydrogens is 292 g/mol. The van der Waals surface area contributed by atoms with E-state index < -0.39 is 0 Å². The molecule has 3 atom stereocenters. The van der Waals surface area contributed by atoms with E-state index >= 15 is 0 Å². The molecule has 5 heteroatoms. The zero-order chi connectivity index (χ0) is 16.1. The number of hydrogen-bond acceptors (Lipinski definition) is 4. The number of rotatable bonds is 4. The lowest BCUT2D eigenvalue weighted by Gasteiger charge is -2.43. The smallest absolute Gasteiger partial charge is 0.223 e. The third-order valence-corrected chi connectivity index (χ3v) is 5.08. The van der Waals surface area contributed by atoms with Crippen LogP contribution in [0.3, 0.4) is 0 Å². The molecule has 1 saturated heterocycles. The number of amides is 1. The molecule has 0 aromatic carbocycles. The van der Waals surface area contributed by atoms with Gasteiger partial charge in [-0.05, 0) is 31.4 Å². The maximum atomic E-state index is 12.7. The Balaban J connectivity index is 1.62. The molecule has 3 rings (SSSR count). The van der Waals surface area contributed by atoms with Crippen molar-refractivity contribution in [1.29, 1.82) is 0 Å². The van der Waals surface area contributed by atoms with Gasteiger partial charge in [0.1, 0.15) is 0 Å². The quantitative estimate of drug-likeness (QED) is 0.919. The van der Waals surface area contributed by atoms with Crippen molar-refractivity contribution in [1.82, 2.24) is 9.88 Å². The zero-order valence-electron chi connectivity index (χ0n) is 13.6. The highest BCUT2D eigenvalue weighted by atomic mass is 16.5. The SMILES string of the molecule is O=C(CCc1ccccn1)N1CCOCC1C1CCCCC1O. The second-order valence-electron chi connectivity index (χ2n) is 6.57. The summed E-state index contributed by atoms with van der Waals surface area (Å²) >= 11 is 0. The van der Waals surface area contributed by atoms with Gasteiger partial charge >= 0.3 is 0 Å². The van der Waals surface area contributed by atoms with E-state index in [1.165, 1.54) is 0 Å². The van der Waals surface area contributed by atoms with Gasteiger partial charge in [0.2, 0.25) is 5.91 Å². The van der Waals surface area contributed by atoms with E-state index in [0.29, 0.717) is 32.6 Å². The molecular formula is C18H26N2O3. The van der Waals surface area contributed by atoms with Gasteiger partial charge in [-0.3, -0.25) is 9.78 Å². The number of carbonyl (C=O) groups is 1. The number of hydrogen-bond donors (Lipinski definition) is 1. The van der Waals surface area contributed by atoms with E-state index in [1.807, 2.05) is 23.1 Å². The van der Waals surface area contributed by atoms with Crippen molar-refractivity contribution >= 4 is 5.91 Å². The lowest BCUT2D eigenvalue weighted by atomic mass is 9.80. The molecule has 2 aliphatic rings. The Bertz CT molecular complexity index is 508. The molecule has 0 radical (unpaired) electrons. The lowest BCUT2D eigenvalue weighted by molar-refractivity contribution is -0.145. The molecule has 3 unspecified atom stereocenters. The fourth-order valence-electron chi connectivity index (χ4n) is 3.80. The van der Waals surface area contributed by atoms with Crippen LogP contribution in [0.2, 0.25) is 0 Å². The molecule has 1 amide bonds. The standard InChI is InChI=1S/C18H26N2O3/c21-17-7-2-1-6-15(17)16-13-23-12-11-20(16)18(22)9-8-14-5-3-4-10-19-14/h3-5,10,15-17,21H,1-2,6-9,11-13H2. The summed E-state index contributed by atoms with van der Waals surface area (Å²) in [7, 11) is 0. The van der Waals surface area contributed by atoms with Crippen LogP contribution in [0.15, 0.2) is 24.4 Å². The first kappa shape index (κ1) is 16.4. The molecule has 1 saturated carbocycles. The van der Waals surface area contributed by atoms with E-state index in [2.05, 4.69) is 4.98 Å². The second kappa shape index (κ2) is 7.88. The number of ether oxygens (including phenoxy) is 1. The topological polar surface area (TPSA) is 62.7 Å². The van der Waals surface area contributed by atoms with E-state index in [-0.39, 0.29) is 24.0 Å². The van der Waals surface area contributed by atoms with Crippen LogP contribution in [-0.2, 0) is 16.0 Å². The minimum absolute atomic E-state index is 0.0234. The number of aliphatic hydroxyl groups excluding tert-OH is 1. The predicted molar refractivity (Wildman–Crippen MR) is 86.8 cm³/mol. The van der Waals surface area contributed by atoms with Crippen molar-refractivity contribution in [3.05, 3.63) is 30.1 Å². The Kier molecular flexibility index (Phi) is 5.62. The van der Waals surface area contributed by atoms with Gasteiger partial charge in [-0.25, -0.2) is 0 Å². The van der Waals surface area contributed by atoms with Crippen molar-refractivity contribution in [2.75, 3.05) is 19.8 Å². The summed E-state index contributed by atoms with van der Waals surface area (Å²) in [5.74, 6) is 0.310. The zero-order valence-corrected chi connectivity index (χ0v) is 13.6. The maximum absolute atomic E-state index is 12.7. The first-order valence-electron chi connectivity index (χ1n) is 8.71. The van der Waals surface area contributed by atoms with Crippen LogP contribution in [0.1, 0.15) is 37.8 Å². The van der Waals surface area contributed by atoms with E-state index in [1.54, 1.807) is 6.20 Å². The van der Waals surface area contributed by atoms with Crippen LogP contribution in [0.4, 0.5) is 0 Å². The molecule has 0 spiro atoms. The fraction of sp³-hybridized carbons (Fsp3) is 0.667. The maximum Gasteiger partial charge on any atom is 0.223 e. The summed E-state index contributed by atoms with van der Waals surface area (Å²) < 4.78 is 5.61. The lowest BCUT2D eigenvalue weighted by Crippen LogP contribution is -2.55. The number of carbonyl (C=O) groups excluding carboxylic acids is 1. The van der Waals surface area contributed by atoms with Crippen LogP contribution in [0.25, 0.3) is 0 Å². The van der Waals surface area contributed by atoms with Crippen molar-refractivity contribution in [2.24, 2.45) is 5.92 Å². The van der Waals surface area contributed by atoms with Crippen LogP contribution >= 0.6 is 0 Å². The van der Waals surface area contributed by atoms with Crippen LogP contribution in [-0.4, -0.2) is 52.8 Å². The summed E-state index contributed by atoms with van der Waals surface area (Å²) in [6, 6.07) is 5.81. The Morgan fingerprint density at radius 2 is 2.22 bits per heavy atom. The monoisotopic (exact) mass is 318 g/mol. The number of aromatic nitrogens is 1. The van der Waals surface area contributed by atoms with Gasteiger partial charge in [-0.2, -0.15) is 0 Å². The normalized spacial score (nSPS) is 28.6. The van der Waals surface area contributed by atoms with E-state index in [4.69, 9.17) is 4.74 Å². The highest BCUT2D eigenvalue weighted by molar-refractivity contribution is 5.77. The second-order valence-corrected chi connectivity index (χ2v) is 6.57. The Morgan fingerprint density at radius 3 is 3.00 bits per heavy atom. The molecule has 1 N–H and O–H groups in total. The largest absolute Gasteiger partial charge is 0.393 e. The number of morpholine rings is 1. The number of nitrogens with zero attached hydrogens (tertiary/aromatic N) is 2. The molecule has 0 bridgehead atoms. The number of pyridine rings is 1. The minimum Gasteiger partial charge on any atom is -0.393 e. The van der Waals surface area contributed by atoms with Crippen molar-refractivity contribution < 1.29 is 14.6 Å². The molecule has 1 aromatic rings. The van der Waals surface area contributed by atoms with Crippen LogP contribution in [0.5, 0.6) is 0 Å². The molecule has 1 aliphatic heterocycles. The van der Waals surface area contributed by atoms with Crippen molar-refractivity contribution in [3.63, 3.8) is 0 Å². The van der Waals surface area contributed by atoms with Gasteiger partial charge in [0.05, 0.1) is 25.4 Å². The highest BCUT2D eigenvalue weighted by Crippen LogP contribution is 2.31. The Labute approximate surface area is 137 Å². The van der Waals surface area contributed by atoms with Gasteiger partial charge in [0, 0.05) is 30.8 Å². The average molecular weight is 318 g/mol. The third kappa shape index (κ3) is 4.09. The van der Waals surface area contributed by atoms with Gasteiger partial charge in [0.25, 0.3) is 0 Å². The van der Waals surface area contributed by atoms with Gasteiger partial charge in [-0.15, -0.1) is 0 Å². The van der Waals surface area contributed by atoms with Gasteiger partial charge in [-0.1, -0.05) is 18.9 Å². The van der Waals surface area contributed by atoms with E-state index in [9.17, 15) is 9.90 Å². The number of aliphatic hydroxyl groups is 1. The third-order valence-electron chi connectivity index (χ3n) is 5.08. The predicted octanol–water partition coefficient (Wildman–Crippen LogP) is 1.79. The average Bonchev–Trinajstić information content (AvgIpc) is 2.61. The number of aryl methyl sites for hydroxylation is 1. The molecule has 2 heterocycles.